The van der Waals surface area contributed by atoms with Gasteiger partial charge in [0.1, 0.15) is 13.2 Å². The summed E-state index contributed by atoms with van der Waals surface area (Å²) < 4.78 is 16.9. The van der Waals surface area contributed by atoms with E-state index >= 15 is 0 Å². The van der Waals surface area contributed by atoms with E-state index in [2.05, 4.69) is 130 Å². The molecule has 0 N–H and O–H groups in total. The van der Waals surface area contributed by atoms with Gasteiger partial charge in [0.15, 0.2) is 6.10 Å². The van der Waals surface area contributed by atoms with Crippen LogP contribution in [0.1, 0.15) is 342 Å². The van der Waals surface area contributed by atoms with E-state index < -0.39 is 6.10 Å². The van der Waals surface area contributed by atoms with E-state index in [1.54, 1.807) is 0 Å². The minimum atomic E-state index is -0.801. The van der Waals surface area contributed by atoms with Gasteiger partial charge in [0.05, 0.1) is 0 Å². The molecule has 0 aromatic heterocycles. The summed E-state index contributed by atoms with van der Waals surface area (Å²) >= 11 is 0. The zero-order valence-corrected chi connectivity index (χ0v) is 54.7. The molecular formula is C77H132O6. The van der Waals surface area contributed by atoms with Crippen LogP contribution in [0.5, 0.6) is 0 Å². The maximum atomic E-state index is 12.9. The first-order chi connectivity index (χ1) is 41.0. The third kappa shape index (κ3) is 68.7. The van der Waals surface area contributed by atoms with Crippen molar-refractivity contribution in [2.75, 3.05) is 13.2 Å². The lowest BCUT2D eigenvalue weighted by atomic mass is 10.0. The van der Waals surface area contributed by atoms with Gasteiger partial charge in [-0.3, -0.25) is 14.4 Å². The van der Waals surface area contributed by atoms with Crippen LogP contribution in [-0.2, 0) is 28.6 Å². The molecule has 0 bridgehead atoms. The van der Waals surface area contributed by atoms with Crippen LogP contribution >= 0.6 is 0 Å². The number of hydrogen-bond donors (Lipinski definition) is 0. The Kier molecular flexibility index (Phi) is 67.2. The molecule has 6 heteroatoms. The van der Waals surface area contributed by atoms with E-state index in [-0.39, 0.29) is 31.1 Å². The van der Waals surface area contributed by atoms with Gasteiger partial charge in [0.25, 0.3) is 0 Å². The Morgan fingerprint density at radius 3 is 0.795 bits per heavy atom. The number of rotatable bonds is 64. The molecule has 0 heterocycles. The highest BCUT2D eigenvalue weighted by molar-refractivity contribution is 5.71. The van der Waals surface area contributed by atoms with E-state index in [1.165, 1.54) is 161 Å². The summed E-state index contributed by atoms with van der Waals surface area (Å²) in [4.78, 5) is 38.4. The molecule has 0 aliphatic rings. The zero-order chi connectivity index (χ0) is 59.9. The van der Waals surface area contributed by atoms with E-state index in [9.17, 15) is 14.4 Å². The Hall–Kier alpha value is -3.93. The molecule has 0 amide bonds. The molecule has 0 saturated heterocycles. The van der Waals surface area contributed by atoms with Crippen molar-refractivity contribution in [1.29, 1.82) is 0 Å². The molecule has 1 unspecified atom stereocenters. The Balaban J connectivity index is 4.29. The van der Waals surface area contributed by atoms with Gasteiger partial charge in [-0.25, -0.2) is 0 Å². The van der Waals surface area contributed by atoms with Crippen molar-refractivity contribution in [3.63, 3.8) is 0 Å². The molecule has 0 aliphatic carbocycles. The van der Waals surface area contributed by atoms with Gasteiger partial charge in [0, 0.05) is 19.3 Å². The third-order valence-corrected chi connectivity index (χ3v) is 15.2. The van der Waals surface area contributed by atoms with Crippen molar-refractivity contribution in [1.82, 2.24) is 0 Å². The lowest BCUT2D eigenvalue weighted by Gasteiger charge is -2.18. The minimum Gasteiger partial charge on any atom is -0.462 e. The molecule has 0 saturated carbocycles. The van der Waals surface area contributed by atoms with E-state index in [4.69, 9.17) is 14.2 Å². The van der Waals surface area contributed by atoms with Crippen LogP contribution < -0.4 is 0 Å². The molecule has 0 fully saturated rings. The fourth-order valence-corrected chi connectivity index (χ4v) is 9.95. The quantitative estimate of drug-likeness (QED) is 0.0261. The van der Waals surface area contributed by atoms with E-state index in [1.807, 2.05) is 0 Å². The average molecular weight is 1150 g/mol. The molecule has 0 aromatic carbocycles. The van der Waals surface area contributed by atoms with Gasteiger partial charge < -0.3 is 14.2 Å². The predicted molar refractivity (Wildman–Crippen MR) is 362 cm³/mol. The van der Waals surface area contributed by atoms with Crippen LogP contribution in [0.15, 0.2) is 109 Å². The number of ether oxygens (including phenoxy) is 3. The summed E-state index contributed by atoms with van der Waals surface area (Å²) in [5.74, 6) is -0.921. The molecule has 476 valence electrons. The first-order valence-corrected chi connectivity index (χ1v) is 35.4. The maximum absolute atomic E-state index is 12.9. The van der Waals surface area contributed by atoms with Crippen LogP contribution in [0.2, 0.25) is 0 Å². The second kappa shape index (κ2) is 70.6. The van der Waals surface area contributed by atoms with Gasteiger partial charge in [-0.2, -0.15) is 0 Å². The predicted octanol–water partition coefficient (Wildman–Crippen LogP) is 24.6. The molecule has 0 aromatic rings. The fraction of sp³-hybridized carbons (Fsp3) is 0.727. The van der Waals surface area contributed by atoms with Crippen LogP contribution in [0.25, 0.3) is 0 Å². The van der Waals surface area contributed by atoms with Crippen LogP contribution in [0.3, 0.4) is 0 Å². The van der Waals surface area contributed by atoms with Crippen molar-refractivity contribution in [2.45, 2.75) is 348 Å². The average Bonchev–Trinajstić information content (AvgIpc) is 3.49. The lowest BCUT2D eigenvalue weighted by Crippen LogP contribution is -2.30. The van der Waals surface area contributed by atoms with Crippen LogP contribution in [-0.4, -0.2) is 37.2 Å². The summed E-state index contributed by atoms with van der Waals surface area (Å²) in [6.07, 6.45) is 97.0. The molecule has 6 nitrogen and oxygen atoms in total. The second-order valence-electron chi connectivity index (χ2n) is 23.4. The Morgan fingerprint density at radius 1 is 0.253 bits per heavy atom. The van der Waals surface area contributed by atoms with Gasteiger partial charge in [-0.1, -0.05) is 310 Å². The molecule has 0 aliphatic heterocycles. The van der Waals surface area contributed by atoms with Crippen molar-refractivity contribution >= 4 is 17.9 Å². The van der Waals surface area contributed by atoms with Crippen molar-refractivity contribution in [2.24, 2.45) is 0 Å². The number of carbonyl (C=O) groups is 3. The normalized spacial score (nSPS) is 12.8. The van der Waals surface area contributed by atoms with E-state index in [0.29, 0.717) is 19.3 Å². The highest BCUT2D eigenvalue weighted by Crippen LogP contribution is 2.17. The summed E-state index contributed by atoms with van der Waals surface area (Å²) in [5.41, 5.74) is 0. The highest BCUT2D eigenvalue weighted by Gasteiger charge is 2.19. The Labute approximate surface area is 514 Å². The number of esters is 3. The second-order valence-corrected chi connectivity index (χ2v) is 23.4. The summed E-state index contributed by atoms with van der Waals surface area (Å²) in [5, 5.41) is 0. The van der Waals surface area contributed by atoms with Crippen LogP contribution in [0.4, 0.5) is 0 Å². The summed E-state index contributed by atoms with van der Waals surface area (Å²) in [7, 11) is 0. The standard InChI is InChI=1S/C77H132O6/c1-4-7-10-13-16-19-22-25-27-29-31-33-35-36-37-38-39-40-42-43-45-47-49-52-55-58-61-64-67-70-76(79)82-73-74(72-81-75(78)69-66-63-60-57-54-51-24-21-18-15-12-9-6-3)83-77(80)71-68-65-62-59-56-53-50-48-46-44-41-34-32-30-28-26-23-20-17-14-11-8-5-2/h8,11-12,15,17,20-21,24,26,28-29,31-32,34,44,46,50,53,74H,4-7,9-10,13-14,16,18-19,22-23,25,27,30,33,35-43,45,47-49,51-52,54-73H2,1-3H3/b11-8-,15-12-,20-17-,24-21-,28-26-,31-29-,34-32-,46-44-,53-50-. The number of hydrogen-bond acceptors (Lipinski definition) is 6. The Morgan fingerprint density at radius 2 is 0.494 bits per heavy atom. The summed E-state index contributed by atoms with van der Waals surface area (Å²) in [6.45, 7) is 6.46. The molecular weight excluding hydrogens is 1020 g/mol. The molecule has 0 rings (SSSR count). The smallest absolute Gasteiger partial charge is 0.306 e. The monoisotopic (exact) mass is 1150 g/mol. The molecule has 0 spiro atoms. The topological polar surface area (TPSA) is 78.9 Å². The van der Waals surface area contributed by atoms with Crippen molar-refractivity contribution in [3.8, 4) is 0 Å². The van der Waals surface area contributed by atoms with Crippen molar-refractivity contribution in [3.05, 3.63) is 109 Å². The summed E-state index contributed by atoms with van der Waals surface area (Å²) in [6, 6.07) is 0. The SMILES string of the molecule is CC/C=C\C/C=C\C/C=C\C/C=C\C/C=C\C/C=C\CCCCCCC(=O)OC(COC(=O)CCCCCCC/C=C\C/C=C\CCC)COC(=O)CCCCCCCCCCCCCCCCCCC/C=C\CCCCCCCCCC. The third-order valence-electron chi connectivity index (χ3n) is 15.2. The maximum Gasteiger partial charge on any atom is 0.306 e. The largest absolute Gasteiger partial charge is 0.462 e. The van der Waals surface area contributed by atoms with Crippen molar-refractivity contribution < 1.29 is 28.6 Å². The first-order valence-electron chi connectivity index (χ1n) is 35.4. The van der Waals surface area contributed by atoms with Gasteiger partial charge >= 0.3 is 17.9 Å². The van der Waals surface area contributed by atoms with Gasteiger partial charge in [-0.15, -0.1) is 0 Å². The van der Waals surface area contributed by atoms with E-state index in [0.717, 1.165) is 141 Å². The number of unbranched alkanes of at least 4 members (excludes halogenated alkanes) is 35. The minimum absolute atomic E-state index is 0.0922. The Bertz CT molecular complexity index is 1660. The number of carbonyl (C=O) groups excluding carboxylic acids is 3. The first kappa shape index (κ1) is 79.1. The zero-order valence-electron chi connectivity index (χ0n) is 54.7. The van der Waals surface area contributed by atoms with Gasteiger partial charge in [0.2, 0.25) is 0 Å². The fourth-order valence-electron chi connectivity index (χ4n) is 9.95. The van der Waals surface area contributed by atoms with Gasteiger partial charge in [-0.05, 0) is 122 Å². The molecule has 1 atom stereocenters. The highest BCUT2D eigenvalue weighted by atomic mass is 16.6. The molecule has 83 heavy (non-hydrogen) atoms. The number of allylic oxidation sites excluding steroid dienone is 18. The lowest BCUT2D eigenvalue weighted by molar-refractivity contribution is -0.167. The van der Waals surface area contributed by atoms with Crippen LogP contribution in [0, 0.1) is 0 Å². The molecule has 0 radical (unpaired) electrons.